The number of hydrogen-bond donors (Lipinski definition) is 2. The van der Waals surface area contributed by atoms with E-state index in [9.17, 15) is 19.8 Å². The van der Waals surface area contributed by atoms with Crippen LogP contribution in [0, 0.1) is 12.8 Å². The van der Waals surface area contributed by atoms with Crippen LogP contribution in [0.1, 0.15) is 43.9 Å². The fraction of sp³-hybridized carbons (Fsp3) is 0.480. The number of rotatable bonds is 10. The van der Waals surface area contributed by atoms with Crippen LogP contribution in [0.25, 0.3) is 22.4 Å². The summed E-state index contributed by atoms with van der Waals surface area (Å²) in [5.74, 6) is -1.04. The summed E-state index contributed by atoms with van der Waals surface area (Å²) < 4.78 is 9.21. The summed E-state index contributed by atoms with van der Waals surface area (Å²) in [6.45, 7) is 5.92. The maximum Gasteiger partial charge on any atom is 0.309 e. The van der Waals surface area contributed by atoms with E-state index in [0.29, 0.717) is 25.0 Å². The highest BCUT2D eigenvalue weighted by molar-refractivity contribution is 5.81. The minimum atomic E-state index is -0.993. The van der Waals surface area contributed by atoms with Crippen LogP contribution in [0.5, 0.6) is 0 Å². The van der Waals surface area contributed by atoms with Gasteiger partial charge >= 0.3 is 5.97 Å². The first-order chi connectivity index (χ1) is 15.7. The van der Waals surface area contributed by atoms with Crippen LogP contribution in [-0.2, 0) is 23.0 Å². The molecule has 0 amide bonds. The smallest absolute Gasteiger partial charge is 0.309 e. The molecule has 33 heavy (non-hydrogen) atoms. The number of aryl methyl sites for hydroxylation is 3. The van der Waals surface area contributed by atoms with E-state index in [1.54, 1.807) is 31.8 Å². The Kier molecular flexibility index (Phi) is 7.71. The van der Waals surface area contributed by atoms with Gasteiger partial charge in [-0.05, 0) is 56.9 Å². The number of nitrogens with zero attached hydrogens (tertiary/aromatic N) is 3. The van der Waals surface area contributed by atoms with Gasteiger partial charge in [0.1, 0.15) is 5.82 Å². The first-order valence-corrected chi connectivity index (χ1v) is 11.3. The monoisotopic (exact) mass is 455 g/mol. The number of aromatic nitrogens is 3. The molecule has 0 spiro atoms. The summed E-state index contributed by atoms with van der Waals surface area (Å²) in [5.41, 5.74) is 4.16. The Balaban J connectivity index is 2.10. The first-order valence-electron chi connectivity index (χ1n) is 11.3. The molecule has 0 saturated heterocycles. The van der Waals surface area contributed by atoms with E-state index in [-0.39, 0.29) is 11.6 Å². The number of aliphatic hydroxyl groups excluding tert-OH is 1. The Hall–Kier alpha value is -2.97. The zero-order chi connectivity index (χ0) is 24.3. The van der Waals surface area contributed by atoms with Crippen LogP contribution < -0.4 is 5.56 Å². The maximum absolute atomic E-state index is 12.2. The quantitative estimate of drug-likeness (QED) is 0.486. The zero-order valence-corrected chi connectivity index (χ0v) is 19.9. The van der Waals surface area contributed by atoms with Gasteiger partial charge in [-0.25, -0.2) is 4.98 Å². The van der Waals surface area contributed by atoms with Crippen molar-refractivity contribution in [3.05, 3.63) is 51.9 Å². The lowest BCUT2D eigenvalue weighted by Crippen LogP contribution is -2.26. The molecule has 1 unspecified atom stereocenters. The van der Waals surface area contributed by atoms with Crippen molar-refractivity contribution in [1.29, 1.82) is 0 Å². The third-order valence-electron chi connectivity index (χ3n) is 6.21. The normalized spacial score (nSPS) is 14.4. The summed E-state index contributed by atoms with van der Waals surface area (Å²) in [6.07, 6.45) is 2.59. The van der Waals surface area contributed by atoms with Crippen molar-refractivity contribution >= 4 is 17.0 Å². The van der Waals surface area contributed by atoms with Gasteiger partial charge in [0.15, 0.2) is 0 Å². The minimum Gasteiger partial charge on any atom is -0.481 e. The molecule has 0 aliphatic rings. The van der Waals surface area contributed by atoms with Crippen molar-refractivity contribution in [2.24, 2.45) is 13.0 Å². The van der Waals surface area contributed by atoms with Crippen LogP contribution in [0.15, 0.2) is 35.3 Å². The number of aliphatic carboxylic acids is 1. The fourth-order valence-corrected chi connectivity index (χ4v) is 4.33. The van der Waals surface area contributed by atoms with Gasteiger partial charge in [0.2, 0.25) is 0 Å². The van der Waals surface area contributed by atoms with E-state index in [1.807, 2.05) is 24.3 Å². The number of benzene rings is 1. The highest BCUT2D eigenvalue weighted by atomic mass is 16.5. The molecule has 0 fully saturated rings. The van der Waals surface area contributed by atoms with Gasteiger partial charge in [-0.2, -0.15) is 0 Å². The van der Waals surface area contributed by atoms with E-state index in [4.69, 9.17) is 9.72 Å². The molecule has 0 aliphatic carbocycles. The number of imidazole rings is 1. The van der Waals surface area contributed by atoms with Crippen molar-refractivity contribution < 1.29 is 19.7 Å². The van der Waals surface area contributed by atoms with Gasteiger partial charge in [0.05, 0.1) is 35.7 Å². The van der Waals surface area contributed by atoms with Crippen LogP contribution in [0.4, 0.5) is 0 Å². The number of ether oxygens (including phenoxy) is 1. The minimum absolute atomic E-state index is 0.0428. The number of methoxy groups -OCH3 is 1. The molecule has 3 atom stereocenters. The molecule has 3 rings (SSSR count). The summed E-state index contributed by atoms with van der Waals surface area (Å²) in [6, 6.07) is 7.89. The Morgan fingerprint density at radius 3 is 2.58 bits per heavy atom. The van der Waals surface area contributed by atoms with Crippen LogP contribution in [-0.4, -0.2) is 50.1 Å². The molecule has 1 aromatic carbocycles. The Labute approximate surface area is 193 Å². The number of pyridine rings is 1. The van der Waals surface area contributed by atoms with Crippen molar-refractivity contribution in [1.82, 2.24) is 14.1 Å². The maximum atomic E-state index is 12.2. The van der Waals surface area contributed by atoms with Crippen LogP contribution >= 0.6 is 0 Å². The molecule has 2 heterocycles. The van der Waals surface area contributed by atoms with E-state index in [2.05, 4.69) is 11.5 Å². The van der Waals surface area contributed by atoms with Gasteiger partial charge in [0.25, 0.3) is 5.56 Å². The first kappa shape index (κ1) is 24.7. The van der Waals surface area contributed by atoms with Gasteiger partial charge < -0.3 is 24.1 Å². The zero-order valence-electron chi connectivity index (χ0n) is 19.9. The lowest BCUT2D eigenvalue weighted by atomic mass is 9.95. The molecule has 178 valence electrons. The molecule has 8 heteroatoms. The lowest BCUT2D eigenvalue weighted by Gasteiger charge is -2.20. The number of hydrogen-bond acceptors (Lipinski definition) is 5. The predicted octanol–water partition coefficient (Wildman–Crippen LogP) is 3.32. The molecular formula is C25H33N3O5. The number of carbonyl (C=O) groups is 1. The molecule has 0 radical (unpaired) electrons. The van der Waals surface area contributed by atoms with E-state index < -0.39 is 18.0 Å². The van der Waals surface area contributed by atoms with Crippen LogP contribution in [0.2, 0.25) is 0 Å². The SMILES string of the molecule is CCC(COC)n1c(-c2cc(C)c(=O)n(C)c2)nc2cc(CC[C@H](C(=O)O)[C@@H](C)O)ccc21. The number of carboxylic acids is 1. The van der Waals surface area contributed by atoms with Crippen molar-refractivity contribution in [3.63, 3.8) is 0 Å². The second-order valence-corrected chi connectivity index (χ2v) is 8.70. The summed E-state index contributed by atoms with van der Waals surface area (Å²) in [4.78, 5) is 28.6. The summed E-state index contributed by atoms with van der Waals surface area (Å²) >= 11 is 0. The Bertz CT molecular complexity index is 1170. The van der Waals surface area contributed by atoms with Crippen molar-refractivity contribution in [3.8, 4) is 11.4 Å². The molecule has 8 nitrogen and oxygen atoms in total. The van der Waals surface area contributed by atoms with E-state index >= 15 is 0 Å². The van der Waals surface area contributed by atoms with Gasteiger partial charge in [-0.3, -0.25) is 9.59 Å². The largest absolute Gasteiger partial charge is 0.481 e. The molecule has 0 aliphatic heterocycles. The Morgan fingerprint density at radius 2 is 2.00 bits per heavy atom. The summed E-state index contributed by atoms with van der Waals surface area (Å²) in [7, 11) is 3.41. The highest BCUT2D eigenvalue weighted by Crippen LogP contribution is 2.31. The second-order valence-electron chi connectivity index (χ2n) is 8.70. The van der Waals surface area contributed by atoms with Gasteiger partial charge in [0, 0.05) is 31.5 Å². The van der Waals surface area contributed by atoms with E-state index in [1.165, 1.54) is 6.92 Å². The predicted molar refractivity (Wildman–Crippen MR) is 127 cm³/mol. The summed E-state index contributed by atoms with van der Waals surface area (Å²) in [5, 5.41) is 19.1. The standard InChI is InChI=1S/C25H33N3O5/c1-6-19(14-33-5)28-22-10-8-17(7-9-20(16(3)29)25(31)32)12-21(22)26-23(28)18-11-15(2)24(30)27(4)13-18/h8,10-13,16,19-20,29H,6-7,9,14H2,1-5H3,(H,31,32)/t16-,19?,20+/m1/s1. The van der Waals surface area contributed by atoms with Crippen LogP contribution in [0.3, 0.4) is 0 Å². The molecule has 2 N–H and O–H groups in total. The van der Waals surface area contributed by atoms with Gasteiger partial charge in [-0.15, -0.1) is 0 Å². The Morgan fingerprint density at radius 1 is 1.27 bits per heavy atom. The molecular weight excluding hydrogens is 422 g/mol. The van der Waals surface area contributed by atoms with Crippen molar-refractivity contribution in [2.75, 3.05) is 13.7 Å². The average molecular weight is 456 g/mol. The second kappa shape index (κ2) is 10.3. The van der Waals surface area contributed by atoms with Crippen molar-refractivity contribution in [2.45, 2.75) is 52.2 Å². The molecule has 0 bridgehead atoms. The number of fused-ring (bicyclic) bond motifs is 1. The highest BCUT2D eigenvalue weighted by Gasteiger charge is 2.24. The molecule has 3 aromatic rings. The van der Waals surface area contributed by atoms with E-state index in [0.717, 1.165) is 34.4 Å². The van der Waals surface area contributed by atoms with Gasteiger partial charge in [-0.1, -0.05) is 13.0 Å². The third kappa shape index (κ3) is 5.17. The average Bonchev–Trinajstić information content (AvgIpc) is 3.13. The molecule has 0 saturated carbocycles. The lowest BCUT2D eigenvalue weighted by molar-refractivity contribution is -0.145. The third-order valence-corrected chi connectivity index (χ3v) is 6.21. The number of carboxylic acid groups (broad SMARTS) is 1. The fourth-order valence-electron chi connectivity index (χ4n) is 4.33. The topological polar surface area (TPSA) is 107 Å². The number of aliphatic hydroxyl groups is 1. The molecule has 2 aromatic heterocycles.